The molecule has 1 amide bonds. The van der Waals surface area contributed by atoms with E-state index in [1.165, 1.54) is 5.56 Å². The molecule has 4 nitrogen and oxygen atoms in total. The number of carbonyl (C=O) groups excluding carboxylic acids is 1. The average Bonchev–Trinajstić information content (AvgIpc) is 2.79. The number of hydrogen-bond acceptors (Lipinski definition) is 4. The molecule has 20 heavy (non-hydrogen) atoms. The zero-order valence-corrected chi connectivity index (χ0v) is 12.8. The molecular weight excluding hydrogens is 270 g/mol. The van der Waals surface area contributed by atoms with E-state index in [2.05, 4.69) is 35.5 Å². The first-order valence-electron chi connectivity index (χ1n) is 7.19. The quantitative estimate of drug-likeness (QED) is 0.875. The summed E-state index contributed by atoms with van der Waals surface area (Å²) in [5.74, 6) is 0.954. The highest BCUT2D eigenvalue weighted by atomic mass is 32.2. The molecule has 1 aromatic heterocycles. The van der Waals surface area contributed by atoms with Crippen molar-refractivity contribution in [3.8, 4) is 0 Å². The zero-order chi connectivity index (χ0) is 14.2. The lowest BCUT2D eigenvalue weighted by atomic mass is 9.90. The van der Waals surface area contributed by atoms with Crippen LogP contribution in [0.15, 0.2) is 18.3 Å². The van der Waals surface area contributed by atoms with Gasteiger partial charge in [0.1, 0.15) is 6.04 Å². The van der Waals surface area contributed by atoms with Gasteiger partial charge in [-0.05, 0) is 44.7 Å². The lowest BCUT2D eigenvalue weighted by molar-refractivity contribution is -0.124. The number of nitrogens with one attached hydrogen (secondary N) is 2. The molecule has 2 unspecified atom stereocenters. The zero-order valence-electron chi connectivity index (χ0n) is 12.0. The minimum Gasteiger partial charge on any atom is -0.348 e. The third kappa shape index (κ3) is 2.56. The van der Waals surface area contributed by atoms with Crippen LogP contribution in [0.3, 0.4) is 0 Å². The SMILES string of the molecule is CC1(C)SCNC1C(=O)NC1CCCc2ncccc21. The Morgan fingerprint density at radius 1 is 1.55 bits per heavy atom. The average molecular weight is 291 g/mol. The van der Waals surface area contributed by atoms with Crippen molar-refractivity contribution in [2.75, 3.05) is 5.88 Å². The first-order chi connectivity index (χ1) is 9.58. The maximum atomic E-state index is 12.5. The molecule has 1 aromatic rings. The summed E-state index contributed by atoms with van der Waals surface area (Å²) >= 11 is 1.80. The maximum Gasteiger partial charge on any atom is 0.239 e. The van der Waals surface area contributed by atoms with Gasteiger partial charge in [0.2, 0.25) is 5.91 Å². The van der Waals surface area contributed by atoms with Gasteiger partial charge in [0, 0.05) is 22.5 Å². The molecule has 0 spiro atoms. The van der Waals surface area contributed by atoms with E-state index in [9.17, 15) is 4.79 Å². The summed E-state index contributed by atoms with van der Waals surface area (Å²) in [5, 5.41) is 6.51. The molecule has 1 aliphatic carbocycles. The molecule has 0 saturated carbocycles. The minimum absolute atomic E-state index is 0.0451. The van der Waals surface area contributed by atoms with E-state index < -0.39 is 0 Å². The minimum atomic E-state index is -0.116. The van der Waals surface area contributed by atoms with Crippen molar-refractivity contribution >= 4 is 17.7 Å². The van der Waals surface area contributed by atoms with Gasteiger partial charge >= 0.3 is 0 Å². The van der Waals surface area contributed by atoms with Crippen LogP contribution in [0.1, 0.15) is 44.0 Å². The second kappa shape index (κ2) is 5.37. The van der Waals surface area contributed by atoms with E-state index in [4.69, 9.17) is 0 Å². The van der Waals surface area contributed by atoms with Gasteiger partial charge in [0.25, 0.3) is 0 Å². The van der Waals surface area contributed by atoms with Crippen molar-refractivity contribution in [2.45, 2.75) is 49.9 Å². The Kier molecular flexibility index (Phi) is 3.73. The predicted octanol–water partition coefficient (Wildman–Crippen LogP) is 2.02. The van der Waals surface area contributed by atoms with E-state index in [1.54, 1.807) is 11.8 Å². The van der Waals surface area contributed by atoms with Crippen LogP contribution >= 0.6 is 11.8 Å². The summed E-state index contributed by atoms with van der Waals surface area (Å²) in [5.41, 5.74) is 2.33. The molecule has 5 heteroatoms. The Morgan fingerprint density at radius 2 is 2.40 bits per heavy atom. The summed E-state index contributed by atoms with van der Waals surface area (Å²) in [7, 11) is 0. The smallest absolute Gasteiger partial charge is 0.239 e. The van der Waals surface area contributed by atoms with Crippen molar-refractivity contribution in [3.63, 3.8) is 0 Å². The van der Waals surface area contributed by atoms with Crippen molar-refractivity contribution < 1.29 is 4.79 Å². The van der Waals surface area contributed by atoms with Gasteiger partial charge < -0.3 is 5.32 Å². The number of fused-ring (bicyclic) bond motifs is 1. The first-order valence-corrected chi connectivity index (χ1v) is 8.18. The Bertz CT molecular complexity index is 518. The molecule has 1 saturated heterocycles. The lowest BCUT2D eigenvalue weighted by Gasteiger charge is -2.30. The molecule has 3 rings (SSSR count). The molecular formula is C15H21N3OS. The molecule has 2 heterocycles. The highest BCUT2D eigenvalue weighted by Crippen LogP contribution is 2.34. The van der Waals surface area contributed by atoms with E-state index in [0.29, 0.717) is 0 Å². The van der Waals surface area contributed by atoms with Crippen LogP contribution in [0.2, 0.25) is 0 Å². The van der Waals surface area contributed by atoms with Crippen molar-refractivity contribution in [3.05, 3.63) is 29.6 Å². The molecule has 2 atom stereocenters. The topological polar surface area (TPSA) is 54.0 Å². The van der Waals surface area contributed by atoms with Crippen molar-refractivity contribution in [1.82, 2.24) is 15.6 Å². The number of aryl methyl sites for hydroxylation is 1. The van der Waals surface area contributed by atoms with E-state index in [0.717, 1.165) is 30.8 Å². The number of pyridine rings is 1. The fourth-order valence-electron chi connectivity index (χ4n) is 3.06. The van der Waals surface area contributed by atoms with Crippen LogP contribution in [0.25, 0.3) is 0 Å². The third-order valence-corrected chi connectivity index (χ3v) is 5.50. The Morgan fingerprint density at radius 3 is 3.15 bits per heavy atom. The molecule has 1 fully saturated rings. The Balaban J connectivity index is 1.74. The van der Waals surface area contributed by atoms with Crippen LogP contribution in [0.5, 0.6) is 0 Å². The van der Waals surface area contributed by atoms with Crippen LogP contribution in [-0.4, -0.2) is 27.6 Å². The molecule has 2 aliphatic rings. The van der Waals surface area contributed by atoms with Crippen molar-refractivity contribution in [2.24, 2.45) is 0 Å². The molecule has 0 aromatic carbocycles. The molecule has 0 radical (unpaired) electrons. The number of amides is 1. The molecule has 0 bridgehead atoms. The molecule has 2 N–H and O–H groups in total. The van der Waals surface area contributed by atoms with Gasteiger partial charge in [-0.25, -0.2) is 0 Å². The van der Waals surface area contributed by atoms with E-state index >= 15 is 0 Å². The van der Waals surface area contributed by atoms with Gasteiger partial charge in [-0.2, -0.15) is 0 Å². The van der Waals surface area contributed by atoms with E-state index in [1.807, 2.05) is 12.3 Å². The Labute approximate surface area is 124 Å². The van der Waals surface area contributed by atoms with Crippen LogP contribution in [0, 0.1) is 0 Å². The van der Waals surface area contributed by atoms with Crippen LogP contribution in [0.4, 0.5) is 0 Å². The second-order valence-corrected chi connectivity index (χ2v) is 7.65. The van der Waals surface area contributed by atoms with Gasteiger partial charge in [0.15, 0.2) is 0 Å². The van der Waals surface area contributed by atoms with E-state index in [-0.39, 0.29) is 22.7 Å². The Hall–Kier alpha value is -1.07. The van der Waals surface area contributed by atoms with Crippen LogP contribution < -0.4 is 10.6 Å². The number of carbonyl (C=O) groups is 1. The van der Waals surface area contributed by atoms with Crippen LogP contribution in [-0.2, 0) is 11.2 Å². The fraction of sp³-hybridized carbons (Fsp3) is 0.600. The fourth-order valence-corrected chi connectivity index (χ4v) is 4.04. The molecule has 1 aliphatic heterocycles. The number of hydrogen-bond donors (Lipinski definition) is 2. The first kappa shape index (κ1) is 13.9. The van der Waals surface area contributed by atoms with Crippen molar-refractivity contribution in [1.29, 1.82) is 0 Å². The van der Waals surface area contributed by atoms with Gasteiger partial charge in [-0.15, -0.1) is 11.8 Å². The monoisotopic (exact) mass is 291 g/mol. The van der Waals surface area contributed by atoms with Gasteiger partial charge in [-0.1, -0.05) is 6.07 Å². The summed E-state index contributed by atoms with van der Waals surface area (Å²) in [4.78, 5) is 17.0. The largest absolute Gasteiger partial charge is 0.348 e. The number of aromatic nitrogens is 1. The molecule has 108 valence electrons. The lowest BCUT2D eigenvalue weighted by Crippen LogP contribution is -2.50. The second-order valence-electron chi connectivity index (χ2n) is 6.02. The number of rotatable bonds is 2. The van der Waals surface area contributed by atoms with Gasteiger partial charge in [0.05, 0.1) is 6.04 Å². The maximum absolute atomic E-state index is 12.5. The summed E-state index contributed by atoms with van der Waals surface area (Å²) in [6, 6.07) is 4.04. The summed E-state index contributed by atoms with van der Waals surface area (Å²) in [6.07, 6.45) is 4.95. The highest BCUT2D eigenvalue weighted by Gasteiger charge is 2.40. The van der Waals surface area contributed by atoms with Gasteiger partial charge in [-0.3, -0.25) is 15.1 Å². The highest BCUT2D eigenvalue weighted by molar-refractivity contribution is 8.00. The number of nitrogens with zero attached hydrogens (tertiary/aromatic N) is 1. The normalized spacial score (nSPS) is 27.9. The predicted molar refractivity (Wildman–Crippen MR) is 81.5 cm³/mol. The summed E-state index contributed by atoms with van der Waals surface area (Å²) in [6.45, 7) is 4.25. The number of thioether (sulfide) groups is 1. The standard InChI is InChI=1S/C15H21N3OS/c1-15(2)13(17-9-20-15)14(19)18-12-7-3-6-11-10(12)5-4-8-16-11/h4-5,8,12-13,17H,3,6-7,9H2,1-2H3,(H,18,19). The summed E-state index contributed by atoms with van der Waals surface area (Å²) < 4.78 is -0.0451. The third-order valence-electron chi connectivity index (χ3n) is 4.21.